The van der Waals surface area contributed by atoms with E-state index in [4.69, 9.17) is 4.42 Å². The number of nitrogens with zero attached hydrogens (tertiary/aromatic N) is 1. The van der Waals surface area contributed by atoms with E-state index in [0.29, 0.717) is 12.3 Å². The molecule has 0 spiro atoms. The van der Waals surface area contributed by atoms with E-state index in [1.54, 1.807) is 6.07 Å². The second kappa shape index (κ2) is 6.71. The molecular weight excluding hydrogens is 278 g/mol. The summed E-state index contributed by atoms with van der Waals surface area (Å²) in [5, 5.41) is 3.18. The molecule has 1 aliphatic rings. The monoisotopic (exact) mass is 301 g/mol. The zero-order valence-corrected chi connectivity index (χ0v) is 12.9. The number of likely N-dealkylation sites (tertiary alicyclic amines) is 1. The van der Waals surface area contributed by atoms with Gasteiger partial charge in [0.25, 0.3) is 10.0 Å². The van der Waals surface area contributed by atoms with Crippen LogP contribution in [0.2, 0.25) is 0 Å². The van der Waals surface area contributed by atoms with Crippen molar-refractivity contribution in [2.45, 2.75) is 37.4 Å². The Morgan fingerprint density at radius 3 is 2.90 bits per heavy atom. The van der Waals surface area contributed by atoms with Crippen molar-refractivity contribution >= 4 is 10.0 Å². The zero-order chi connectivity index (χ0) is 14.6. The van der Waals surface area contributed by atoms with E-state index in [9.17, 15) is 8.42 Å². The highest BCUT2D eigenvalue weighted by atomic mass is 32.2. The summed E-state index contributed by atoms with van der Waals surface area (Å²) in [5.41, 5.74) is 0. The quantitative estimate of drug-likeness (QED) is 0.727. The maximum Gasteiger partial charge on any atom is 0.274 e. The molecule has 0 saturated carbocycles. The third kappa shape index (κ3) is 4.05. The Morgan fingerprint density at radius 2 is 2.25 bits per heavy atom. The predicted octanol–water partition coefficient (Wildman–Crippen LogP) is 0.762. The largest absolute Gasteiger partial charge is 0.447 e. The van der Waals surface area contributed by atoms with Crippen LogP contribution < -0.4 is 10.0 Å². The molecule has 2 rings (SSSR count). The van der Waals surface area contributed by atoms with E-state index in [1.807, 2.05) is 7.05 Å². The van der Waals surface area contributed by atoms with Crippen LogP contribution in [0.4, 0.5) is 0 Å². The molecule has 7 heteroatoms. The summed E-state index contributed by atoms with van der Waals surface area (Å²) in [6, 6.07) is 3.19. The first kappa shape index (κ1) is 15.5. The summed E-state index contributed by atoms with van der Waals surface area (Å²) >= 11 is 0. The van der Waals surface area contributed by atoms with E-state index >= 15 is 0 Å². The summed E-state index contributed by atoms with van der Waals surface area (Å²) in [6.07, 6.45) is 1.87. The van der Waals surface area contributed by atoms with E-state index < -0.39 is 10.0 Å². The lowest BCUT2D eigenvalue weighted by Gasteiger charge is -2.11. The number of hydrogen-bond acceptors (Lipinski definition) is 5. The third-order valence-electron chi connectivity index (χ3n) is 3.34. The second-order valence-electron chi connectivity index (χ2n) is 5.27. The number of rotatable bonds is 7. The van der Waals surface area contributed by atoms with E-state index in [2.05, 4.69) is 21.9 Å². The van der Waals surface area contributed by atoms with Gasteiger partial charge in [0.1, 0.15) is 5.76 Å². The van der Waals surface area contributed by atoms with Gasteiger partial charge >= 0.3 is 0 Å². The molecule has 1 saturated heterocycles. The molecule has 114 valence electrons. The first-order chi connectivity index (χ1) is 9.51. The van der Waals surface area contributed by atoms with Gasteiger partial charge in [-0.3, -0.25) is 0 Å². The fourth-order valence-electron chi connectivity index (χ4n) is 2.29. The van der Waals surface area contributed by atoms with Gasteiger partial charge in [0, 0.05) is 12.6 Å². The molecule has 0 aliphatic carbocycles. The van der Waals surface area contributed by atoms with Gasteiger partial charge in [-0.15, -0.1) is 0 Å². The molecule has 0 amide bonds. The van der Waals surface area contributed by atoms with Crippen LogP contribution in [0.15, 0.2) is 21.6 Å². The summed E-state index contributed by atoms with van der Waals surface area (Å²) in [5.74, 6) is 0.641. The maximum absolute atomic E-state index is 12.2. The number of sulfonamides is 1. The molecule has 0 radical (unpaired) electrons. The van der Waals surface area contributed by atoms with Crippen LogP contribution in [0, 0.1) is 0 Å². The molecule has 0 aromatic carbocycles. The van der Waals surface area contributed by atoms with Crippen LogP contribution >= 0.6 is 0 Å². The van der Waals surface area contributed by atoms with Crippen LogP contribution in [-0.4, -0.2) is 46.0 Å². The Labute approximate surface area is 120 Å². The number of likely N-dealkylation sites (N-methyl/N-ethyl adjacent to an activating group) is 1. The third-order valence-corrected chi connectivity index (χ3v) is 4.73. The van der Waals surface area contributed by atoms with Gasteiger partial charge in [-0.05, 0) is 45.1 Å². The molecular formula is C13H23N3O3S. The average molecular weight is 301 g/mol. The van der Waals surface area contributed by atoms with Crippen LogP contribution in [0.3, 0.4) is 0 Å². The Balaban J connectivity index is 1.95. The molecule has 1 fully saturated rings. The van der Waals surface area contributed by atoms with Crippen molar-refractivity contribution < 1.29 is 12.8 Å². The van der Waals surface area contributed by atoms with Crippen molar-refractivity contribution in [2.75, 3.05) is 26.7 Å². The van der Waals surface area contributed by atoms with E-state index in [0.717, 1.165) is 32.5 Å². The van der Waals surface area contributed by atoms with Crippen LogP contribution in [0.1, 0.15) is 25.5 Å². The molecule has 1 aliphatic heterocycles. The van der Waals surface area contributed by atoms with Gasteiger partial charge in [-0.25, -0.2) is 13.1 Å². The molecule has 1 aromatic heterocycles. The average Bonchev–Trinajstić information content (AvgIpc) is 2.99. The topological polar surface area (TPSA) is 74.6 Å². The minimum atomic E-state index is -3.55. The Morgan fingerprint density at radius 1 is 1.45 bits per heavy atom. The maximum atomic E-state index is 12.2. The lowest BCUT2D eigenvalue weighted by Crippen LogP contribution is -2.36. The standard InChI is InChI=1S/C13H23N3O3S/c1-3-7-14-9-12-4-5-13(19-12)20(17,18)15-11-6-8-16(2)10-11/h4-5,11,14-15H,3,6-10H2,1-2H3. The molecule has 2 N–H and O–H groups in total. The van der Waals surface area contributed by atoms with Gasteiger partial charge in [-0.2, -0.15) is 0 Å². The van der Waals surface area contributed by atoms with Gasteiger partial charge in [0.15, 0.2) is 0 Å². The van der Waals surface area contributed by atoms with Crippen molar-refractivity contribution in [3.8, 4) is 0 Å². The zero-order valence-electron chi connectivity index (χ0n) is 12.1. The molecule has 20 heavy (non-hydrogen) atoms. The number of hydrogen-bond donors (Lipinski definition) is 2. The van der Waals surface area contributed by atoms with Crippen molar-refractivity contribution in [2.24, 2.45) is 0 Å². The minimum Gasteiger partial charge on any atom is -0.447 e. The predicted molar refractivity (Wildman–Crippen MR) is 76.9 cm³/mol. The SMILES string of the molecule is CCCNCc1ccc(S(=O)(=O)NC2CCN(C)C2)o1. The van der Waals surface area contributed by atoms with E-state index in [1.165, 1.54) is 6.07 Å². The highest BCUT2D eigenvalue weighted by molar-refractivity contribution is 7.89. The van der Waals surface area contributed by atoms with Crippen molar-refractivity contribution in [1.29, 1.82) is 0 Å². The Bertz CT molecular complexity index is 527. The molecule has 6 nitrogen and oxygen atoms in total. The lowest BCUT2D eigenvalue weighted by molar-refractivity contribution is 0.392. The highest BCUT2D eigenvalue weighted by Gasteiger charge is 2.27. The molecule has 1 aromatic rings. The minimum absolute atomic E-state index is 0.000325. The van der Waals surface area contributed by atoms with Crippen molar-refractivity contribution in [3.05, 3.63) is 17.9 Å². The Hall–Kier alpha value is -0.890. The summed E-state index contributed by atoms with van der Waals surface area (Å²) in [6.45, 7) is 5.17. The smallest absolute Gasteiger partial charge is 0.274 e. The molecule has 0 bridgehead atoms. The van der Waals surface area contributed by atoms with Crippen molar-refractivity contribution in [1.82, 2.24) is 14.9 Å². The van der Waals surface area contributed by atoms with Crippen LogP contribution in [0.25, 0.3) is 0 Å². The highest BCUT2D eigenvalue weighted by Crippen LogP contribution is 2.16. The van der Waals surface area contributed by atoms with Gasteiger partial charge < -0.3 is 14.6 Å². The van der Waals surface area contributed by atoms with Crippen molar-refractivity contribution in [3.63, 3.8) is 0 Å². The van der Waals surface area contributed by atoms with Crippen LogP contribution in [-0.2, 0) is 16.6 Å². The van der Waals surface area contributed by atoms with Gasteiger partial charge in [-0.1, -0.05) is 6.92 Å². The molecule has 2 heterocycles. The second-order valence-corrected chi connectivity index (χ2v) is 6.91. The normalized spacial score (nSPS) is 20.6. The summed E-state index contributed by atoms with van der Waals surface area (Å²) < 4.78 is 32.5. The fraction of sp³-hybridized carbons (Fsp3) is 0.692. The van der Waals surface area contributed by atoms with Crippen LogP contribution in [0.5, 0.6) is 0 Å². The molecule has 1 atom stereocenters. The summed E-state index contributed by atoms with van der Waals surface area (Å²) in [7, 11) is -1.56. The van der Waals surface area contributed by atoms with E-state index in [-0.39, 0.29) is 11.1 Å². The first-order valence-corrected chi connectivity index (χ1v) is 8.50. The summed E-state index contributed by atoms with van der Waals surface area (Å²) in [4.78, 5) is 2.11. The number of nitrogens with one attached hydrogen (secondary N) is 2. The number of furan rings is 1. The van der Waals surface area contributed by atoms with Gasteiger partial charge in [0.05, 0.1) is 6.54 Å². The lowest BCUT2D eigenvalue weighted by atomic mass is 10.3. The first-order valence-electron chi connectivity index (χ1n) is 7.01. The molecule has 1 unspecified atom stereocenters. The van der Waals surface area contributed by atoms with Gasteiger partial charge in [0.2, 0.25) is 5.09 Å². The fourth-order valence-corrected chi connectivity index (χ4v) is 3.51. The Kier molecular flexibility index (Phi) is 5.20.